The van der Waals surface area contributed by atoms with Crippen LogP contribution in [0.15, 0.2) is 29.1 Å². The molecule has 2 aromatic rings. The van der Waals surface area contributed by atoms with Crippen molar-refractivity contribution in [2.24, 2.45) is 5.92 Å². The van der Waals surface area contributed by atoms with E-state index in [0.29, 0.717) is 41.9 Å². The Kier molecular flexibility index (Phi) is 5.04. The van der Waals surface area contributed by atoms with Crippen LogP contribution in [0.3, 0.4) is 0 Å². The van der Waals surface area contributed by atoms with Crippen LogP contribution in [-0.2, 0) is 11.3 Å². The predicted octanol–water partition coefficient (Wildman–Crippen LogP) is 1.02. The van der Waals surface area contributed by atoms with Gasteiger partial charge in [-0.15, -0.1) is 0 Å². The molecule has 0 amide bonds. The van der Waals surface area contributed by atoms with Gasteiger partial charge >= 0.3 is 0 Å². The third kappa shape index (κ3) is 3.53. The van der Waals surface area contributed by atoms with Gasteiger partial charge in [0.25, 0.3) is 5.56 Å². The Morgan fingerprint density at radius 2 is 2.12 bits per heavy atom. The minimum Gasteiger partial charge on any atom is -0.381 e. The van der Waals surface area contributed by atoms with Gasteiger partial charge in [0.2, 0.25) is 0 Å². The highest BCUT2D eigenvalue weighted by atomic mass is 16.5. The number of hydrazine groups is 1. The molecular formula is C19H27N5O2. The van der Waals surface area contributed by atoms with Crippen LogP contribution in [-0.4, -0.2) is 53.8 Å². The zero-order valence-corrected chi connectivity index (χ0v) is 15.4. The summed E-state index contributed by atoms with van der Waals surface area (Å²) in [7, 11) is 3.88. The number of hydrogen-bond donors (Lipinski definition) is 3. The van der Waals surface area contributed by atoms with E-state index in [1.807, 2.05) is 25.3 Å². The lowest BCUT2D eigenvalue weighted by atomic mass is 9.80. The summed E-state index contributed by atoms with van der Waals surface area (Å²) in [6, 6.07) is 8.35. The summed E-state index contributed by atoms with van der Waals surface area (Å²) in [5.74, 6) is 1.27. The lowest BCUT2D eigenvalue weighted by molar-refractivity contribution is 0.0418. The highest BCUT2D eigenvalue weighted by Crippen LogP contribution is 2.32. The second-order valence-electron chi connectivity index (χ2n) is 7.56. The Balaban J connectivity index is 1.42. The second kappa shape index (κ2) is 7.44. The molecule has 1 aliphatic heterocycles. The van der Waals surface area contributed by atoms with Crippen molar-refractivity contribution in [1.82, 2.24) is 25.7 Å². The Morgan fingerprint density at radius 1 is 1.27 bits per heavy atom. The van der Waals surface area contributed by atoms with Crippen LogP contribution >= 0.6 is 0 Å². The van der Waals surface area contributed by atoms with Gasteiger partial charge in [0.05, 0.1) is 23.6 Å². The third-order valence-electron chi connectivity index (χ3n) is 5.75. The molecular weight excluding hydrogens is 330 g/mol. The van der Waals surface area contributed by atoms with E-state index in [-0.39, 0.29) is 5.56 Å². The van der Waals surface area contributed by atoms with Crippen molar-refractivity contribution in [1.29, 1.82) is 0 Å². The van der Waals surface area contributed by atoms with Gasteiger partial charge in [0.1, 0.15) is 5.82 Å². The average Bonchev–Trinajstić information content (AvgIpc) is 3.03. The Labute approximate surface area is 153 Å². The van der Waals surface area contributed by atoms with Crippen molar-refractivity contribution in [2.75, 3.05) is 20.7 Å². The quantitative estimate of drug-likeness (QED) is 0.741. The van der Waals surface area contributed by atoms with Crippen molar-refractivity contribution in [2.45, 2.75) is 44.0 Å². The van der Waals surface area contributed by atoms with Crippen LogP contribution in [0.4, 0.5) is 0 Å². The summed E-state index contributed by atoms with van der Waals surface area (Å²) >= 11 is 0. The summed E-state index contributed by atoms with van der Waals surface area (Å²) in [5.41, 5.74) is 7.58. The summed E-state index contributed by atoms with van der Waals surface area (Å²) in [6.07, 6.45) is 3.72. The van der Waals surface area contributed by atoms with Crippen LogP contribution in [0.1, 0.15) is 25.1 Å². The number of nitrogens with one attached hydrogen (secondary N) is 3. The van der Waals surface area contributed by atoms with Crippen molar-refractivity contribution in [3.05, 3.63) is 40.4 Å². The zero-order valence-electron chi connectivity index (χ0n) is 15.4. The molecule has 7 nitrogen and oxygen atoms in total. The predicted molar refractivity (Wildman–Crippen MR) is 101 cm³/mol. The molecule has 1 aromatic heterocycles. The Bertz CT molecular complexity index is 823. The number of benzene rings is 1. The smallest absolute Gasteiger partial charge is 0.258 e. The largest absolute Gasteiger partial charge is 0.381 e. The van der Waals surface area contributed by atoms with Gasteiger partial charge in [-0.1, -0.05) is 12.1 Å². The number of aromatic nitrogens is 2. The molecule has 0 bridgehead atoms. The molecule has 2 heterocycles. The number of fused-ring (bicyclic) bond motifs is 2. The van der Waals surface area contributed by atoms with E-state index in [0.717, 1.165) is 31.3 Å². The number of likely N-dealkylation sites (N-methyl/N-ethyl adjacent to an activating group) is 1. The summed E-state index contributed by atoms with van der Waals surface area (Å²) in [4.78, 5) is 22.0. The number of H-pyrrole nitrogens is 1. The molecule has 140 valence electrons. The first-order valence-electron chi connectivity index (χ1n) is 9.34. The van der Waals surface area contributed by atoms with Gasteiger partial charge < -0.3 is 9.72 Å². The number of hydrogen-bond acceptors (Lipinski definition) is 6. The molecule has 1 saturated heterocycles. The molecule has 0 spiro atoms. The molecule has 4 rings (SSSR count). The minimum atomic E-state index is -0.0741. The van der Waals surface area contributed by atoms with E-state index in [1.165, 1.54) is 0 Å². The van der Waals surface area contributed by atoms with Crippen LogP contribution in [0.5, 0.6) is 0 Å². The summed E-state index contributed by atoms with van der Waals surface area (Å²) < 4.78 is 5.58. The van der Waals surface area contributed by atoms with E-state index in [1.54, 1.807) is 6.07 Å². The lowest BCUT2D eigenvalue weighted by Crippen LogP contribution is -2.42. The Hall–Kier alpha value is -1.80. The summed E-state index contributed by atoms with van der Waals surface area (Å²) in [6.45, 7) is 1.50. The van der Waals surface area contributed by atoms with E-state index in [9.17, 15) is 4.79 Å². The molecule has 26 heavy (non-hydrogen) atoms. The first-order valence-corrected chi connectivity index (χ1v) is 9.34. The number of ether oxygens (including phenoxy) is 1. The average molecular weight is 357 g/mol. The topological polar surface area (TPSA) is 82.3 Å². The van der Waals surface area contributed by atoms with Gasteiger partial charge in [-0.2, -0.15) is 0 Å². The van der Waals surface area contributed by atoms with Gasteiger partial charge in [-0.3, -0.25) is 20.5 Å². The number of para-hydroxylation sites is 1. The third-order valence-corrected chi connectivity index (χ3v) is 5.75. The number of nitrogens with zero attached hydrogens (tertiary/aromatic N) is 2. The van der Waals surface area contributed by atoms with Gasteiger partial charge in [-0.25, -0.2) is 4.98 Å². The van der Waals surface area contributed by atoms with Crippen LogP contribution in [0.25, 0.3) is 10.9 Å². The maximum atomic E-state index is 12.2. The minimum absolute atomic E-state index is 0.0741. The zero-order chi connectivity index (χ0) is 18.1. The van der Waals surface area contributed by atoms with Crippen molar-refractivity contribution >= 4 is 10.9 Å². The number of aromatic amines is 1. The van der Waals surface area contributed by atoms with Crippen molar-refractivity contribution < 1.29 is 4.74 Å². The van der Waals surface area contributed by atoms with Gasteiger partial charge in [-0.05, 0) is 44.4 Å². The highest BCUT2D eigenvalue weighted by Gasteiger charge is 2.40. The Morgan fingerprint density at radius 3 is 2.96 bits per heavy atom. The van der Waals surface area contributed by atoms with Crippen molar-refractivity contribution in [3.8, 4) is 0 Å². The molecule has 7 heteroatoms. The standard InChI is InChI=1S/C19H27N5O2/c1-24(10-17-14-9-12(26-2)7-8-16(14)22-23-17)11-18-20-15-6-4-3-5-13(15)19(25)21-18/h3-6,12,14,16-17,22-23H,7-11H2,1-2H3,(H,20,21,25). The second-order valence-corrected chi connectivity index (χ2v) is 7.56. The molecule has 0 radical (unpaired) electrons. The van der Waals surface area contributed by atoms with Crippen LogP contribution in [0, 0.1) is 5.92 Å². The van der Waals surface area contributed by atoms with Crippen LogP contribution < -0.4 is 16.4 Å². The SMILES string of the molecule is COC1CCC2NNC(CN(C)Cc3nc4ccccc4c(=O)[nH]3)C2C1. The molecule has 1 saturated carbocycles. The number of rotatable bonds is 5. The fourth-order valence-electron chi connectivity index (χ4n) is 4.37. The van der Waals surface area contributed by atoms with E-state index in [2.05, 4.69) is 32.8 Å². The molecule has 2 aliphatic rings. The van der Waals surface area contributed by atoms with Crippen molar-refractivity contribution in [3.63, 3.8) is 0 Å². The molecule has 3 N–H and O–H groups in total. The van der Waals surface area contributed by atoms with Gasteiger partial charge in [0, 0.05) is 25.7 Å². The molecule has 4 unspecified atom stereocenters. The van der Waals surface area contributed by atoms with Crippen LogP contribution in [0.2, 0.25) is 0 Å². The fraction of sp³-hybridized carbons (Fsp3) is 0.579. The maximum absolute atomic E-state index is 12.2. The first kappa shape index (κ1) is 17.6. The monoisotopic (exact) mass is 357 g/mol. The first-order chi connectivity index (χ1) is 12.6. The molecule has 2 fully saturated rings. The van der Waals surface area contributed by atoms with E-state index >= 15 is 0 Å². The number of methoxy groups -OCH3 is 1. The van der Waals surface area contributed by atoms with E-state index in [4.69, 9.17) is 4.74 Å². The molecule has 1 aromatic carbocycles. The van der Waals surface area contributed by atoms with Gasteiger partial charge in [0.15, 0.2) is 0 Å². The fourth-order valence-corrected chi connectivity index (χ4v) is 4.37. The summed E-state index contributed by atoms with van der Waals surface area (Å²) in [5, 5.41) is 0.635. The highest BCUT2D eigenvalue weighted by molar-refractivity contribution is 5.77. The molecule has 4 atom stereocenters. The maximum Gasteiger partial charge on any atom is 0.258 e. The normalized spacial score (nSPS) is 28.6. The van der Waals surface area contributed by atoms with E-state index < -0.39 is 0 Å². The lowest BCUT2D eigenvalue weighted by Gasteiger charge is -2.33. The molecule has 1 aliphatic carbocycles.